The van der Waals surface area contributed by atoms with E-state index in [-0.39, 0.29) is 18.1 Å². The molecule has 2 rings (SSSR count). The second kappa shape index (κ2) is 7.08. The minimum Gasteiger partial charge on any atom is -0.322 e. The number of carbonyl (C=O) groups is 1. The fraction of sp³-hybridized carbons (Fsp3) is 0.611. The molecule has 1 aliphatic rings. The van der Waals surface area contributed by atoms with Crippen LogP contribution in [0, 0.1) is 13.8 Å². The van der Waals surface area contributed by atoms with Crippen molar-refractivity contribution in [3.63, 3.8) is 0 Å². The van der Waals surface area contributed by atoms with Crippen molar-refractivity contribution in [2.75, 3.05) is 6.54 Å². The minimum absolute atomic E-state index is 0.0126. The van der Waals surface area contributed by atoms with Crippen molar-refractivity contribution in [2.45, 2.75) is 65.6 Å². The predicted molar refractivity (Wildman–Crippen MR) is 87.1 cm³/mol. The highest BCUT2D eigenvalue weighted by atomic mass is 16.2. The first kappa shape index (κ1) is 16.0. The number of nitrogens with one attached hydrogen (secondary N) is 1. The second-order valence-electron chi connectivity index (χ2n) is 6.16. The predicted octanol–water partition coefficient (Wildman–Crippen LogP) is 3.70. The maximum absolute atomic E-state index is 12.6. The van der Waals surface area contributed by atoms with Crippen LogP contribution in [-0.4, -0.2) is 23.4 Å². The first-order chi connectivity index (χ1) is 10.1. The quantitative estimate of drug-likeness (QED) is 0.865. The molecular formula is C18H28N2O. The Bertz CT molecular complexity index is 498. The van der Waals surface area contributed by atoms with Crippen molar-refractivity contribution in [1.29, 1.82) is 0 Å². The first-order valence-electron chi connectivity index (χ1n) is 8.22. The molecule has 2 atom stereocenters. The number of nitrogens with zero attached hydrogens (tertiary/aromatic N) is 1. The smallest absolute Gasteiger partial charge is 0.241 e. The zero-order valence-corrected chi connectivity index (χ0v) is 13.8. The Balaban J connectivity index is 2.27. The molecule has 0 radical (unpaired) electrons. The molecule has 21 heavy (non-hydrogen) atoms. The van der Waals surface area contributed by atoms with Gasteiger partial charge in [-0.2, -0.15) is 0 Å². The van der Waals surface area contributed by atoms with Crippen LogP contribution in [0.2, 0.25) is 0 Å². The van der Waals surface area contributed by atoms with Crippen LogP contribution in [0.15, 0.2) is 18.2 Å². The molecule has 1 heterocycles. The Hall–Kier alpha value is -1.35. The molecule has 1 saturated heterocycles. The highest BCUT2D eigenvalue weighted by Gasteiger charge is 2.38. The maximum atomic E-state index is 12.6. The average molecular weight is 288 g/mol. The van der Waals surface area contributed by atoms with Crippen LogP contribution in [0.1, 0.15) is 62.4 Å². The Morgan fingerprint density at radius 2 is 1.95 bits per heavy atom. The van der Waals surface area contributed by atoms with E-state index < -0.39 is 0 Å². The van der Waals surface area contributed by atoms with Crippen molar-refractivity contribution < 1.29 is 4.79 Å². The largest absolute Gasteiger partial charge is 0.322 e. The number of rotatable bonds is 6. The molecule has 0 spiro atoms. The van der Waals surface area contributed by atoms with Crippen LogP contribution in [0.25, 0.3) is 0 Å². The van der Waals surface area contributed by atoms with Crippen molar-refractivity contribution in [2.24, 2.45) is 0 Å². The van der Waals surface area contributed by atoms with Gasteiger partial charge in [0.25, 0.3) is 0 Å². The Kier molecular flexibility index (Phi) is 5.40. The number of amides is 1. The van der Waals surface area contributed by atoms with Crippen LogP contribution in [0.3, 0.4) is 0 Å². The fourth-order valence-corrected chi connectivity index (χ4v) is 3.09. The lowest BCUT2D eigenvalue weighted by atomic mass is 10.0. The molecule has 116 valence electrons. The molecule has 2 unspecified atom stereocenters. The zero-order chi connectivity index (χ0) is 15.4. The summed E-state index contributed by atoms with van der Waals surface area (Å²) in [4.78, 5) is 14.7. The third-order valence-electron chi connectivity index (χ3n) is 4.29. The third-order valence-corrected chi connectivity index (χ3v) is 4.29. The summed E-state index contributed by atoms with van der Waals surface area (Å²) in [6.07, 6.45) is 4.21. The van der Waals surface area contributed by atoms with E-state index in [1.54, 1.807) is 0 Å². The first-order valence-corrected chi connectivity index (χ1v) is 8.22. The standard InChI is InChI=1S/C18H28N2O/c1-5-7-8-16-18(21)20(11-6-2)17(19-16)15-12-13(3)9-10-14(15)4/h9-10,12,16-17,19H,5-8,11H2,1-4H3. The van der Waals surface area contributed by atoms with Crippen molar-refractivity contribution in [1.82, 2.24) is 10.2 Å². The Labute approximate surface area is 128 Å². The molecule has 1 fully saturated rings. The van der Waals surface area contributed by atoms with Gasteiger partial charge in [-0.3, -0.25) is 10.1 Å². The van der Waals surface area contributed by atoms with E-state index in [9.17, 15) is 4.79 Å². The molecule has 0 aliphatic carbocycles. The van der Waals surface area contributed by atoms with Crippen molar-refractivity contribution in [3.05, 3.63) is 34.9 Å². The number of aryl methyl sites for hydroxylation is 2. The van der Waals surface area contributed by atoms with E-state index in [0.29, 0.717) is 0 Å². The number of hydrogen-bond acceptors (Lipinski definition) is 2. The van der Waals surface area contributed by atoms with Crippen LogP contribution >= 0.6 is 0 Å². The monoisotopic (exact) mass is 288 g/mol. The van der Waals surface area contributed by atoms with Gasteiger partial charge in [0, 0.05) is 6.54 Å². The number of benzene rings is 1. The Morgan fingerprint density at radius 1 is 1.19 bits per heavy atom. The number of carbonyl (C=O) groups excluding carboxylic acids is 1. The topological polar surface area (TPSA) is 32.3 Å². The van der Waals surface area contributed by atoms with Crippen LogP contribution < -0.4 is 5.32 Å². The average Bonchev–Trinajstić information content (AvgIpc) is 2.77. The summed E-state index contributed by atoms with van der Waals surface area (Å²) in [6.45, 7) is 9.37. The van der Waals surface area contributed by atoms with Crippen molar-refractivity contribution in [3.8, 4) is 0 Å². The van der Waals surface area contributed by atoms with E-state index in [2.05, 4.69) is 51.2 Å². The molecule has 0 bridgehead atoms. The van der Waals surface area contributed by atoms with Gasteiger partial charge in [-0.25, -0.2) is 0 Å². The summed E-state index contributed by atoms with van der Waals surface area (Å²) in [5.41, 5.74) is 3.75. The van der Waals surface area contributed by atoms with Gasteiger partial charge >= 0.3 is 0 Å². The van der Waals surface area contributed by atoms with Gasteiger partial charge in [-0.05, 0) is 37.8 Å². The fourth-order valence-electron chi connectivity index (χ4n) is 3.09. The molecule has 0 saturated carbocycles. The third kappa shape index (κ3) is 3.46. The SMILES string of the molecule is CCCCC1NC(c2cc(C)ccc2C)N(CCC)C1=O. The highest BCUT2D eigenvalue weighted by molar-refractivity contribution is 5.84. The van der Waals surface area contributed by atoms with Gasteiger partial charge in [0.1, 0.15) is 6.17 Å². The molecule has 3 heteroatoms. The molecular weight excluding hydrogens is 260 g/mol. The zero-order valence-electron chi connectivity index (χ0n) is 13.8. The summed E-state index contributed by atoms with van der Waals surface area (Å²) in [5, 5.41) is 3.57. The van der Waals surface area contributed by atoms with E-state index in [1.165, 1.54) is 16.7 Å². The van der Waals surface area contributed by atoms with Gasteiger partial charge in [0.05, 0.1) is 6.04 Å². The molecule has 1 amide bonds. The lowest BCUT2D eigenvalue weighted by Gasteiger charge is -2.25. The summed E-state index contributed by atoms with van der Waals surface area (Å²) >= 11 is 0. The molecule has 1 aliphatic heterocycles. The van der Waals surface area contributed by atoms with Gasteiger partial charge < -0.3 is 4.90 Å². The normalized spacial score (nSPS) is 22.1. The maximum Gasteiger partial charge on any atom is 0.241 e. The van der Waals surface area contributed by atoms with Crippen molar-refractivity contribution >= 4 is 5.91 Å². The Morgan fingerprint density at radius 3 is 2.62 bits per heavy atom. The van der Waals surface area contributed by atoms with Gasteiger partial charge in [0.2, 0.25) is 5.91 Å². The minimum atomic E-state index is -0.0126. The van der Waals surface area contributed by atoms with Gasteiger partial charge in [-0.15, -0.1) is 0 Å². The molecule has 1 N–H and O–H groups in total. The van der Waals surface area contributed by atoms with E-state index in [1.807, 2.05) is 4.90 Å². The van der Waals surface area contributed by atoms with Gasteiger partial charge in [0.15, 0.2) is 0 Å². The van der Waals surface area contributed by atoms with Crippen LogP contribution in [0.5, 0.6) is 0 Å². The lowest BCUT2D eigenvalue weighted by molar-refractivity contribution is -0.130. The lowest BCUT2D eigenvalue weighted by Crippen LogP contribution is -2.32. The van der Waals surface area contributed by atoms with E-state index >= 15 is 0 Å². The summed E-state index contributed by atoms with van der Waals surface area (Å²) in [7, 11) is 0. The van der Waals surface area contributed by atoms with Crippen LogP contribution in [-0.2, 0) is 4.79 Å². The summed E-state index contributed by atoms with van der Waals surface area (Å²) < 4.78 is 0. The van der Waals surface area contributed by atoms with E-state index in [4.69, 9.17) is 0 Å². The molecule has 1 aromatic rings. The molecule has 0 aromatic heterocycles. The number of unbranched alkanes of at least 4 members (excludes halogenated alkanes) is 1. The summed E-state index contributed by atoms with van der Waals surface area (Å²) in [6, 6.07) is 6.49. The number of hydrogen-bond donors (Lipinski definition) is 1. The van der Waals surface area contributed by atoms with Gasteiger partial charge in [-0.1, -0.05) is 50.5 Å². The van der Waals surface area contributed by atoms with E-state index in [0.717, 1.165) is 32.2 Å². The molecule has 3 nitrogen and oxygen atoms in total. The van der Waals surface area contributed by atoms with Crippen LogP contribution in [0.4, 0.5) is 0 Å². The summed E-state index contributed by atoms with van der Waals surface area (Å²) in [5.74, 6) is 0.274. The highest BCUT2D eigenvalue weighted by Crippen LogP contribution is 2.30. The molecule has 1 aromatic carbocycles. The second-order valence-corrected chi connectivity index (χ2v) is 6.16.